The van der Waals surface area contributed by atoms with Crippen LogP contribution in [0.2, 0.25) is 0 Å². The summed E-state index contributed by atoms with van der Waals surface area (Å²) in [7, 11) is 5.44. The van der Waals surface area contributed by atoms with E-state index < -0.39 is 0 Å². The van der Waals surface area contributed by atoms with Crippen LogP contribution in [0.25, 0.3) is 0 Å². The fourth-order valence-electron chi connectivity index (χ4n) is 1.18. The molecule has 0 unspecified atom stereocenters. The minimum atomic E-state index is 0.826. The summed E-state index contributed by atoms with van der Waals surface area (Å²) in [6.07, 6.45) is 0. The number of oxime groups is 1. The summed E-state index contributed by atoms with van der Waals surface area (Å²) in [5.41, 5.74) is 2.30. The van der Waals surface area contributed by atoms with Crippen molar-refractivity contribution >= 4 is 5.84 Å². The highest BCUT2D eigenvalue weighted by Crippen LogP contribution is 2.06. The molecule has 0 atom stereocenters. The predicted molar refractivity (Wildman–Crippen MR) is 58.4 cm³/mol. The zero-order valence-corrected chi connectivity index (χ0v) is 9.11. The van der Waals surface area contributed by atoms with Gasteiger partial charge in [0.25, 0.3) is 0 Å². The van der Waals surface area contributed by atoms with Gasteiger partial charge < -0.3 is 9.74 Å². The van der Waals surface area contributed by atoms with Crippen molar-refractivity contribution in [3.8, 4) is 0 Å². The van der Waals surface area contributed by atoms with Crippen LogP contribution in [0, 0.1) is 6.92 Å². The summed E-state index contributed by atoms with van der Waals surface area (Å²) in [6, 6.07) is 8.19. The Morgan fingerprint density at radius 3 is 2.21 bits per heavy atom. The number of rotatable bonds is 2. The molecule has 0 saturated carbocycles. The standard InChI is InChI=1S/C11H16N2O/c1-9-5-7-10(8-6-9)11(12-14-4)13(2)3/h5-8H,1-4H3. The van der Waals surface area contributed by atoms with Gasteiger partial charge in [0.1, 0.15) is 7.11 Å². The molecule has 0 bridgehead atoms. The lowest BCUT2D eigenvalue weighted by molar-refractivity contribution is 0.209. The van der Waals surface area contributed by atoms with Gasteiger partial charge in [-0.05, 0) is 6.92 Å². The second kappa shape index (κ2) is 4.65. The highest BCUT2D eigenvalue weighted by Gasteiger charge is 2.05. The lowest BCUT2D eigenvalue weighted by Gasteiger charge is -2.14. The summed E-state index contributed by atoms with van der Waals surface area (Å²) in [6.45, 7) is 2.06. The summed E-state index contributed by atoms with van der Waals surface area (Å²) >= 11 is 0. The molecule has 0 aliphatic rings. The van der Waals surface area contributed by atoms with E-state index in [-0.39, 0.29) is 0 Å². The van der Waals surface area contributed by atoms with Gasteiger partial charge in [-0.15, -0.1) is 0 Å². The second-order valence-electron chi connectivity index (χ2n) is 3.36. The Balaban J connectivity index is 3.00. The average molecular weight is 192 g/mol. The van der Waals surface area contributed by atoms with Gasteiger partial charge in [-0.3, -0.25) is 0 Å². The number of nitrogens with zero attached hydrogens (tertiary/aromatic N) is 2. The number of hydrogen-bond acceptors (Lipinski definition) is 2. The topological polar surface area (TPSA) is 24.8 Å². The third-order valence-corrected chi connectivity index (χ3v) is 1.91. The van der Waals surface area contributed by atoms with Crippen LogP contribution in [0.3, 0.4) is 0 Å². The molecule has 1 aromatic rings. The summed E-state index contributed by atoms with van der Waals surface area (Å²) < 4.78 is 0. The van der Waals surface area contributed by atoms with Gasteiger partial charge in [-0.25, -0.2) is 0 Å². The maximum atomic E-state index is 4.80. The van der Waals surface area contributed by atoms with E-state index in [1.54, 1.807) is 7.11 Å². The Morgan fingerprint density at radius 2 is 1.79 bits per heavy atom. The van der Waals surface area contributed by atoms with Crippen LogP contribution in [-0.2, 0) is 4.84 Å². The fraction of sp³-hybridized carbons (Fsp3) is 0.364. The maximum absolute atomic E-state index is 4.80. The van der Waals surface area contributed by atoms with E-state index in [4.69, 9.17) is 4.84 Å². The summed E-state index contributed by atoms with van der Waals surface area (Å²) in [5, 5.41) is 3.97. The molecule has 1 aromatic carbocycles. The highest BCUT2D eigenvalue weighted by atomic mass is 16.6. The van der Waals surface area contributed by atoms with E-state index in [0.717, 1.165) is 11.4 Å². The Bertz CT molecular complexity index is 315. The molecule has 0 aliphatic heterocycles. The van der Waals surface area contributed by atoms with Crippen LogP contribution in [-0.4, -0.2) is 31.9 Å². The zero-order valence-electron chi connectivity index (χ0n) is 9.11. The van der Waals surface area contributed by atoms with Crippen molar-refractivity contribution in [2.45, 2.75) is 6.92 Å². The minimum Gasteiger partial charge on any atom is -0.397 e. The smallest absolute Gasteiger partial charge is 0.174 e. The molecule has 0 aromatic heterocycles. The van der Waals surface area contributed by atoms with Gasteiger partial charge in [0, 0.05) is 19.7 Å². The molecule has 0 amide bonds. The molecule has 14 heavy (non-hydrogen) atoms. The van der Waals surface area contributed by atoms with Crippen LogP contribution in [0.4, 0.5) is 0 Å². The molecule has 0 saturated heterocycles. The highest BCUT2D eigenvalue weighted by molar-refractivity contribution is 5.98. The van der Waals surface area contributed by atoms with Crippen LogP contribution >= 0.6 is 0 Å². The first-order chi connectivity index (χ1) is 6.65. The predicted octanol–water partition coefficient (Wildman–Crippen LogP) is 1.86. The van der Waals surface area contributed by atoms with Crippen molar-refractivity contribution in [2.24, 2.45) is 5.16 Å². The van der Waals surface area contributed by atoms with E-state index in [9.17, 15) is 0 Å². The maximum Gasteiger partial charge on any atom is 0.174 e. The van der Waals surface area contributed by atoms with Crippen LogP contribution < -0.4 is 0 Å². The van der Waals surface area contributed by atoms with Gasteiger partial charge in [0.15, 0.2) is 5.84 Å². The fourth-order valence-corrected chi connectivity index (χ4v) is 1.18. The molecule has 0 spiro atoms. The average Bonchev–Trinajstić information content (AvgIpc) is 2.15. The van der Waals surface area contributed by atoms with Crippen molar-refractivity contribution in [3.63, 3.8) is 0 Å². The van der Waals surface area contributed by atoms with Gasteiger partial charge in [0.2, 0.25) is 0 Å². The normalized spacial score (nSPS) is 11.3. The Kier molecular flexibility index (Phi) is 3.51. The van der Waals surface area contributed by atoms with Crippen molar-refractivity contribution < 1.29 is 4.84 Å². The van der Waals surface area contributed by atoms with Crippen LogP contribution in [0.5, 0.6) is 0 Å². The third kappa shape index (κ3) is 2.49. The summed E-state index contributed by atoms with van der Waals surface area (Å²) in [4.78, 5) is 6.72. The van der Waals surface area contributed by atoms with E-state index in [1.165, 1.54) is 5.56 Å². The molecule has 1 rings (SSSR count). The largest absolute Gasteiger partial charge is 0.397 e. The first-order valence-corrected chi connectivity index (χ1v) is 4.50. The van der Waals surface area contributed by atoms with Crippen molar-refractivity contribution in [2.75, 3.05) is 21.2 Å². The minimum absolute atomic E-state index is 0.826. The lowest BCUT2D eigenvalue weighted by atomic mass is 10.1. The lowest BCUT2D eigenvalue weighted by Crippen LogP contribution is -2.23. The monoisotopic (exact) mass is 192 g/mol. The van der Waals surface area contributed by atoms with E-state index in [1.807, 2.05) is 31.1 Å². The van der Waals surface area contributed by atoms with Gasteiger partial charge in [-0.1, -0.05) is 35.0 Å². The Morgan fingerprint density at radius 1 is 1.21 bits per heavy atom. The van der Waals surface area contributed by atoms with Crippen LogP contribution in [0.1, 0.15) is 11.1 Å². The van der Waals surface area contributed by atoms with E-state index >= 15 is 0 Å². The summed E-state index contributed by atoms with van der Waals surface area (Å²) in [5.74, 6) is 0.826. The van der Waals surface area contributed by atoms with E-state index in [0.29, 0.717) is 0 Å². The number of benzene rings is 1. The molecular weight excluding hydrogens is 176 g/mol. The van der Waals surface area contributed by atoms with Crippen molar-refractivity contribution in [3.05, 3.63) is 35.4 Å². The molecule has 0 radical (unpaired) electrons. The molecule has 3 heteroatoms. The third-order valence-electron chi connectivity index (χ3n) is 1.91. The zero-order chi connectivity index (χ0) is 10.6. The molecule has 0 heterocycles. The molecule has 76 valence electrons. The van der Waals surface area contributed by atoms with Crippen molar-refractivity contribution in [1.82, 2.24) is 4.90 Å². The quantitative estimate of drug-likeness (QED) is 0.406. The Hall–Kier alpha value is -1.51. The number of hydrogen-bond donors (Lipinski definition) is 0. The number of aryl methyl sites for hydroxylation is 1. The van der Waals surface area contributed by atoms with Gasteiger partial charge in [0.05, 0.1) is 0 Å². The number of amidine groups is 1. The molecule has 0 N–H and O–H groups in total. The Labute approximate surface area is 85.0 Å². The van der Waals surface area contributed by atoms with Crippen LogP contribution in [0.15, 0.2) is 29.4 Å². The molecule has 0 fully saturated rings. The molecule has 0 aliphatic carbocycles. The van der Waals surface area contributed by atoms with Gasteiger partial charge in [-0.2, -0.15) is 0 Å². The first kappa shape index (κ1) is 10.6. The van der Waals surface area contributed by atoms with Gasteiger partial charge >= 0.3 is 0 Å². The SMILES string of the molecule is CON=C(c1ccc(C)cc1)N(C)C. The second-order valence-corrected chi connectivity index (χ2v) is 3.36. The van der Waals surface area contributed by atoms with E-state index in [2.05, 4.69) is 24.2 Å². The molecule has 3 nitrogen and oxygen atoms in total. The molecular formula is C11H16N2O. The van der Waals surface area contributed by atoms with Crippen molar-refractivity contribution in [1.29, 1.82) is 0 Å². The first-order valence-electron chi connectivity index (χ1n) is 4.50.